The summed E-state index contributed by atoms with van der Waals surface area (Å²) in [6, 6.07) is 18.4. The number of benzene rings is 2. The fraction of sp³-hybridized carbons (Fsp3) is 0.200. The first-order valence-electron chi connectivity index (χ1n) is 13.0. The molecule has 0 radical (unpaired) electrons. The van der Waals surface area contributed by atoms with E-state index in [9.17, 15) is 14.4 Å². The molecule has 0 aliphatic carbocycles. The van der Waals surface area contributed by atoms with Crippen molar-refractivity contribution in [1.82, 2.24) is 15.2 Å². The maximum absolute atomic E-state index is 13.5. The number of urea groups is 1. The molecule has 2 aromatic carbocycles. The molecule has 4 amide bonds. The average molecular weight is 554 g/mol. The molecule has 1 fully saturated rings. The van der Waals surface area contributed by atoms with Crippen LogP contribution >= 0.6 is 11.3 Å². The number of thiophene rings is 1. The van der Waals surface area contributed by atoms with Crippen molar-refractivity contribution in [3.63, 3.8) is 0 Å². The lowest BCUT2D eigenvalue weighted by Gasteiger charge is -2.32. The van der Waals surface area contributed by atoms with Gasteiger partial charge in [-0.25, -0.2) is 9.78 Å². The second-order valence-corrected chi connectivity index (χ2v) is 10.7. The van der Waals surface area contributed by atoms with E-state index in [0.717, 1.165) is 29.5 Å². The van der Waals surface area contributed by atoms with E-state index in [1.54, 1.807) is 22.1 Å². The first-order valence-corrected chi connectivity index (χ1v) is 13.8. The van der Waals surface area contributed by atoms with Gasteiger partial charge in [0.2, 0.25) is 5.91 Å². The number of nitrogens with zero attached hydrogens (tertiary/aromatic N) is 3. The highest BCUT2D eigenvalue weighted by Gasteiger charge is 2.33. The number of ether oxygens (including phenoxy) is 1. The second kappa shape index (κ2) is 10.8. The number of rotatable bonds is 7. The van der Waals surface area contributed by atoms with Crippen molar-refractivity contribution < 1.29 is 19.1 Å². The van der Waals surface area contributed by atoms with E-state index < -0.39 is 0 Å². The van der Waals surface area contributed by atoms with Crippen LogP contribution in [0.15, 0.2) is 79.5 Å². The lowest BCUT2D eigenvalue weighted by atomic mass is 10.1. The Morgan fingerprint density at radius 2 is 2.02 bits per heavy atom. The molecule has 4 aromatic rings. The number of carbonyl (C=O) groups excluding carboxylic acids is 3. The Hall–Kier alpha value is -4.70. The quantitative estimate of drug-likeness (QED) is 0.296. The van der Waals surface area contributed by atoms with E-state index in [-0.39, 0.29) is 23.9 Å². The Bertz CT molecular complexity index is 1620. The highest BCUT2D eigenvalue weighted by Crippen LogP contribution is 2.45. The topological polar surface area (TPSA) is 104 Å². The van der Waals surface area contributed by atoms with E-state index in [1.807, 2.05) is 54.6 Å². The number of para-hydroxylation sites is 1. The van der Waals surface area contributed by atoms with E-state index in [0.29, 0.717) is 46.5 Å². The molecule has 1 atom stereocenters. The molecule has 6 rings (SSSR count). The summed E-state index contributed by atoms with van der Waals surface area (Å²) in [6.07, 6.45) is 4.49. The molecule has 2 aliphatic rings. The second-order valence-electron chi connectivity index (χ2n) is 9.65. The number of carbonyl (C=O) groups is 3. The number of aromatic nitrogens is 1. The van der Waals surface area contributed by atoms with Crippen molar-refractivity contribution in [2.24, 2.45) is 0 Å². The van der Waals surface area contributed by atoms with Gasteiger partial charge in [-0.3, -0.25) is 14.5 Å². The van der Waals surface area contributed by atoms with Crippen LogP contribution in [-0.4, -0.2) is 46.9 Å². The molecule has 0 unspecified atom stereocenters. The number of hydrogen-bond donors (Lipinski definition) is 2. The molecule has 0 spiro atoms. The van der Waals surface area contributed by atoms with Gasteiger partial charge in [-0.05, 0) is 54.8 Å². The molecule has 2 aromatic heterocycles. The fourth-order valence-corrected chi connectivity index (χ4v) is 6.17. The SMILES string of the molecule is C=CC(=O)N1CCC[C@@H](NC(=O)c2sc3nccc4c3c2NC(=O)N4c2cccc(COc3ccccc3)c2)C1. The number of anilines is 3. The monoisotopic (exact) mass is 553 g/mol. The molecular weight excluding hydrogens is 526 g/mol. The first kappa shape index (κ1) is 25.6. The van der Waals surface area contributed by atoms with Crippen molar-refractivity contribution in [2.75, 3.05) is 23.3 Å². The number of amides is 4. The minimum Gasteiger partial charge on any atom is -0.489 e. The Morgan fingerprint density at radius 1 is 1.18 bits per heavy atom. The highest BCUT2D eigenvalue weighted by atomic mass is 32.1. The zero-order valence-corrected chi connectivity index (χ0v) is 22.4. The van der Waals surface area contributed by atoms with Crippen molar-refractivity contribution in [3.8, 4) is 5.75 Å². The summed E-state index contributed by atoms with van der Waals surface area (Å²) < 4.78 is 5.89. The molecule has 202 valence electrons. The standard InChI is InChI=1S/C30H27N5O4S/c1-2-24(36)34-15-7-9-20(17-34)32-28(37)27-26-25-23(13-14-31-29(25)40-27)35(30(38)33-26)21-10-6-8-19(16-21)18-39-22-11-4-3-5-12-22/h2-6,8,10-14,16,20H,1,7,9,15,17-18H2,(H,32,37)(H,33,38)/t20-/m1/s1. The van der Waals surface area contributed by atoms with Gasteiger partial charge in [0, 0.05) is 25.3 Å². The third-order valence-electron chi connectivity index (χ3n) is 7.01. The zero-order valence-electron chi connectivity index (χ0n) is 21.6. The van der Waals surface area contributed by atoms with Gasteiger partial charge in [-0.15, -0.1) is 11.3 Å². The summed E-state index contributed by atoms with van der Waals surface area (Å²) in [5.41, 5.74) is 2.70. The van der Waals surface area contributed by atoms with E-state index >= 15 is 0 Å². The smallest absolute Gasteiger partial charge is 0.331 e. The Kier molecular flexibility index (Phi) is 6.91. The van der Waals surface area contributed by atoms with Gasteiger partial charge in [0.25, 0.3) is 5.91 Å². The van der Waals surface area contributed by atoms with E-state index in [2.05, 4.69) is 22.2 Å². The van der Waals surface area contributed by atoms with Crippen LogP contribution in [-0.2, 0) is 11.4 Å². The van der Waals surface area contributed by atoms with Gasteiger partial charge in [-0.1, -0.05) is 36.9 Å². The predicted octanol–water partition coefficient (Wildman–Crippen LogP) is 5.47. The Morgan fingerprint density at radius 3 is 2.85 bits per heavy atom. The molecular formula is C30H27N5O4S. The largest absolute Gasteiger partial charge is 0.489 e. The summed E-state index contributed by atoms with van der Waals surface area (Å²) in [5.74, 6) is 0.324. The van der Waals surface area contributed by atoms with Crippen molar-refractivity contribution in [3.05, 3.63) is 90.0 Å². The predicted molar refractivity (Wildman–Crippen MR) is 155 cm³/mol. The number of hydrogen-bond acceptors (Lipinski definition) is 6. The molecule has 10 heteroatoms. The lowest BCUT2D eigenvalue weighted by Crippen LogP contribution is -2.49. The van der Waals surface area contributed by atoms with Gasteiger partial charge in [-0.2, -0.15) is 0 Å². The molecule has 0 bridgehead atoms. The van der Waals surface area contributed by atoms with Crippen molar-refractivity contribution in [2.45, 2.75) is 25.5 Å². The third kappa shape index (κ3) is 4.89. The molecule has 1 saturated heterocycles. The van der Waals surface area contributed by atoms with Crippen LogP contribution < -0.4 is 20.3 Å². The molecule has 40 heavy (non-hydrogen) atoms. The number of likely N-dealkylation sites (tertiary alicyclic amines) is 1. The molecule has 4 heterocycles. The normalized spacial score (nSPS) is 16.4. The zero-order chi connectivity index (χ0) is 27.6. The van der Waals surface area contributed by atoms with Crippen LogP contribution in [0.2, 0.25) is 0 Å². The van der Waals surface area contributed by atoms with Gasteiger partial charge in [0.1, 0.15) is 22.1 Å². The fourth-order valence-electron chi connectivity index (χ4n) is 5.14. The lowest BCUT2D eigenvalue weighted by molar-refractivity contribution is -0.127. The highest BCUT2D eigenvalue weighted by molar-refractivity contribution is 7.21. The molecule has 9 nitrogen and oxygen atoms in total. The molecule has 0 saturated carbocycles. The van der Waals surface area contributed by atoms with E-state index in [4.69, 9.17) is 4.74 Å². The third-order valence-corrected chi connectivity index (χ3v) is 8.11. The van der Waals surface area contributed by atoms with Crippen LogP contribution in [0, 0.1) is 0 Å². The summed E-state index contributed by atoms with van der Waals surface area (Å²) in [4.78, 5) is 47.8. The number of piperidine rings is 1. The average Bonchev–Trinajstić information content (AvgIpc) is 3.36. The van der Waals surface area contributed by atoms with Gasteiger partial charge < -0.3 is 20.3 Å². The first-order chi connectivity index (χ1) is 19.5. The summed E-state index contributed by atoms with van der Waals surface area (Å²) in [7, 11) is 0. The van der Waals surface area contributed by atoms with Crippen molar-refractivity contribution in [1.29, 1.82) is 0 Å². The number of pyridine rings is 1. The van der Waals surface area contributed by atoms with Gasteiger partial charge in [0.15, 0.2) is 0 Å². The summed E-state index contributed by atoms with van der Waals surface area (Å²) in [6.45, 7) is 4.97. The maximum Gasteiger partial charge on any atom is 0.331 e. The Balaban J connectivity index is 1.27. The minimum absolute atomic E-state index is 0.146. The van der Waals surface area contributed by atoms with Crippen LogP contribution in [0.1, 0.15) is 28.1 Å². The van der Waals surface area contributed by atoms with Crippen LogP contribution in [0.25, 0.3) is 10.2 Å². The molecule has 2 aliphatic heterocycles. The van der Waals surface area contributed by atoms with Crippen molar-refractivity contribution >= 4 is 56.5 Å². The summed E-state index contributed by atoms with van der Waals surface area (Å²) in [5, 5.41) is 6.71. The molecule has 2 N–H and O–H groups in total. The van der Waals surface area contributed by atoms with Crippen LogP contribution in [0.3, 0.4) is 0 Å². The number of nitrogens with one attached hydrogen (secondary N) is 2. The van der Waals surface area contributed by atoms with Gasteiger partial charge in [0.05, 0.1) is 22.4 Å². The van der Waals surface area contributed by atoms with Crippen LogP contribution in [0.4, 0.5) is 21.9 Å². The van der Waals surface area contributed by atoms with Crippen LogP contribution in [0.5, 0.6) is 5.75 Å². The van der Waals surface area contributed by atoms with Gasteiger partial charge >= 0.3 is 6.03 Å². The summed E-state index contributed by atoms with van der Waals surface area (Å²) >= 11 is 1.24. The minimum atomic E-state index is -0.367. The maximum atomic E-state index is 13.5. The van der Waals surface area contributed by atoms with E-state index in [1.165, 1.54) is 17.4 Å². The Labute approximate surface area is 235 Å².